The molecule has 0 saturated heterocycles. The maximum absolute atomic E-state index is 3.76. The van der Waals surface area contributed by atoms with E-state index in [2.05, 4.69) is 137 Å². The van der Waals surface area contributed by atoms with Gasteiger partial charge in [0.25, 0.3) is 0 Å². The number of H-pyrrole nitrogens is 1. The highest BCUT2D eigenvalue weighted by atomic mass is 15.0. The van der Waals surface area contributed by atoms with Crippen molar-refractivity contribution in [1.82, 2.24) is 9.55 Å². The van der Waals surface area contributed by atoms with Gasteiger partial charge in [0, 0.05) is 32.7 Å². The number of nitrogens with zero attached hydrogens (tertiary/aromatic N) is 1. The molecule has 38 heavy (non-hydrogen) atoms. The molecule has 176 valence electrons. The second-order valence-corrected chi connectivity index (χ2v) is 10.2. The van der Waals surface area contributed by atoms with E-state index in [1.165, 1.54) is 81.6 Å². The van der Waals surface area contributed by atoms with E-state index >= 15 is 0 Å². The molecule has 0 aliphatic carbocycles. The van der Waals surface area contributed by atoms with Crippen molar-refractivity contribution in [2.75, 3.05) is 0 Å². The summed E-state index contributed by atoms with van der Waals surface area (Å²) in [6.45, 7) is 0. The van der Waals surface area contributed by atoms with Gasteiger partial charge in [-0.25, -0.2) is 0 Å². The summed E-state index contributed by atoms with van der Waals surface area (Å²) in [5.74, 6) is 0. The number of fused-ring (bicyclic) bond motifs is 13. The lowest BCUT2D eigenvalue weighted by atomic mass is 9.94. The van der Waals surface area contributed by atoms with E-state index in [4.69, 9.17) is 0 Å². The van der Waals surface area contributed by atoms with E-state index in [0.717, 1.165) is 0 Å². The number of benzene rings is 7. The molecule has 0 atom stereocenters. The number of nitrogens with one attached hydrogen (secondary N) is 1. The molecule has 2 heterocycles. The van der Waals surface area contributed by atoms with Gasteiger partial charge in [-0.1, -0.05) is 103 Å². The second-order valence-electron chi connectivity index (χ2n) is 10.2. The highest BCUT2D eigenvalue weighted by molar-refractivity contribution is 6.26. The Morgan fingerprint density at radius 2 is 0.921 bits per heavy atom. The van der Waals surface area contributed by atoms with Gasteiger partial charge in [-0.3, -0.25) is 0 Å². The number of hydrogen-bond acceptors (Lipinski definition) is 0. The van der Waals surface area contributed by atoms with Crippen molar-refractivity contribution in [2.24, 2.45) is 0 Å². The van der Waals surface area contributed by atoms with Crippen molar-refractivity contribution >= 4 is 75.9 Å². The van der Waals surface area contributed by atoms with Gasteiger partial charge in [0.1, 0.15) is 0 Å². The molecule has 0 bridgehead atoms. The molecular weight excluding hydrogens is 460 g/mol. The minimum Gasteiger partial charge on any atom is -0.353 e. The first-order chi connectivity index (χ1) is 18.9. The van der Waals surface area contributed by atoms with E-state index in [1.54, 1.807) is 0 Å². The maximum Gasteiger partial charge on any atom is 0.0783 e. The third kappa shape index (κ3) is 2.51. The molecule has 0 saturated carbocycles. The van der Waals surface area contributed by atoms with E-state index in [9.17, 15) is 0 Å². The van der Waals surface area contributed by atoms with Crippen LogP contribution in [-0.4, -0.2) is 9.55 Å². The zero-order valence-corrected chi connectivity index (χ0v) is 20.6. The summed E-state index contributed by atoms with van der Waals surface area (Å²) in [7, 11) is 0. The predicted octanol–water partition coefficient (Wildman–Crippen LogP) is 9.88. The molecule has 9 aromatic rings. The van der Waals surface area contributed by atoms with Crippen LogP contribution in [0.5, 0.6) is 0 Å². The lowest BCUT2D eigenvalue weighted by Crippen LogP contribution is -1.95. The molecular formula is C36H22N2. The summed E-state index contributed by atoms with van der Waals surface area (Å²) in [6, 6.07) is 46.5. The van der Waals surface area contributed by atoms with Gasteiger partial charge in [-0.15, -0.1) is 0 Å². The summed E-state index contributed by atoms with van der Waals surface area (Å²) < 4.78 is 2.45. The van der Waals surface area contributed by atoms with Crippen LogP contribution >= 0.6 is 0 Å². The smallest absolute Gasteiger partial charge is 0.0783 e. The fourth-order valence-corrected chi connectivity index (χ4v) is 6.67. The van der Waals surface area contributed by atoms with Crippen LogP contribution in [0.4, 0.5) is 0 Å². The fourth-order valence-electron chi connectivity index (χ4n) is 6.67. The van der Waals surface area contributed by atoms with Gasteiger partial charge in [0.15, 0.2) is 0 Å². The molecule has 0 amide bonds. The molecule has 2 heteroatoms. The number of rotatable bonds is 1. The Bertz CT molecular complexity index is 2370. The average molecular weight is 483 g/mol. The van der Waals surface area contributed by atoms with Crippen LogP contribution in [0.25, 0.3) is 81.6 Å². The van der Waals surface area contributed by atoms with Crippen LogP contribution in [0.3, 0.4) is 0 Å². The number of para-hydroxylation sites is 2. The van der Waals surface area contributed by atoms with Crippen LogP contribution < -0.4 is 0 Å². The first-order valence-corrected chi connectivity index (χ1v) is 13.1. The highest BCUT2D eigenvalue weighted by Gasteiger charge is 2.18. The van der Waals surface area contributed by atoms with E-state index in [0.29, 0.717) is 0 Å². The lowest BCUT2D eigenvalue weighted by molar-refractivity contribution is 1.19. The van der Waals surface area contributed by atoms with Crippen molar-refractivity contribution in [1.29, 1.82) is 0 Å². The van der Waals surface area contributed by atoms with Crippen LogP contribution in [0.15, 0.2) is 127 Å². The zero-order chi connectivity index (χ0) is 24.8. The van der Waals surface area contributed by atoms with Crippen molar-refractivity contribution in [3.05, 3.63) is 127 Å². The fraction of sp³-hybridized carbons (Fsp3) is 0. The lowest BCUT2D eigenvalue weighted by Gasteiger charge is -2.14. The van der Waals surface area contributed by atoms with Crippen molar-refractivity contribution < 1.29 is 0 Å². The highest BCUT2D eigenvalue weighted by Crippen LogP contribution is 2.41. The topological polar surface area (TPSA) is 20.7 Å². The Labute approximate surface area is 218 Å². The Morgan fingerprint density at radius 1 is 0.395 bits per heavy atom. The first-order valence-electron chi connectivity index (χ1n) is 13.1. The Morgan fingerprint density at radius 3 is 1.66 bits per heavy atom. The molecule has 2 nitrogen and oxygen atoms in total. The Balaban J connectivity index is 1.48. The SMILES string of the molecule is c1ccc2c(c1)[nH]c1c2ccc2c3ccccc3n(-c3ccc4c5ccccc5c5ccccc5c4c3)c21. The minimum absolute atomic E-state index is 1.17. The van der Waals surface area contributed by atoms with Crippen molar-refractivity contribution in [3.8, 4) is 5.69 Å². The van der Waals surface area contributed by atoms with Gasteiger partial charge < -0.3 is 9.55 Å². The predicted molar refractivity (Wildman–Crippen MR) is 163 cm³/mol. The van der Waals surface area contributed by atoms with Crippen LogP contribution in [0.2, 0.25) is 0 Å². The summed E-state index contributed by atoms with van der Waals surface area (Å²) in [6.07, 6.45) is 0. The van der Waals surface area contributed by atoms with Crippen LogP contribution in [-0.2, 0) is 0 Å². The molecule has 1 N–H and O–H groups in total. The van der Waals surface area contributed by atoms with Gasteiger partial charge >= 0.3 is 0 Å². The molecule has 9 rings (SSSR count). The third-order valence-electron chi connectivity index (χ3n) is 8.30. The number of hydrogen-bond donors (Lipinski definition) is 1. The third-order valence-corrected chi connectivity index (χ3v) is 8.30. The molecule has 0 aliphatic rings. The Hall–Kier alpha value is -5.08. The van der Waals surface area contributed by atoms with Crippen molar-refractivity contribution in [3.63, 3.8) is 0 Å². The first kappa shape index (κ1) is 20.0. The summed E-state index contributed by atoms with van der Waals surface area (Å²) >= 11 is 0. The summed E-state index contributed by atoms with van der Waals surface area (Å²) in [5.41, 5.74) is 5.98. The molecule has 0 spiro atoms. The quantitative estimate of drug-likeness (QED) is 0.225. The molecule has 0 aliphatic heterocycles. The molecule has 0 unspecified atom stereocenters. The van der Waals surface area contributed by atoms with Gasteiger partial charge in [0.05, 0.1) is 16.6 Å². The maximum atomic E-state index is 3.76. The van der Waals surface area contributed by atoms with Crippen LogP contribution in [0, 0.1) is 0 Å². The van der Waals surface area contributed by atoms with E-state index < -0.39 is 0 Å². The summed E-state index contributed by atoms with van der Waals surface area (Å²) in [5, 5.41) is 12.8. The molecule has 0 radical (unpaired) electrons. The van der Waals surface area contributed by atoms with Crippen molar-refractivity contribution in [2.45, 2.75) is 0 Å². The molecule has 2 aromatic heterocycles. The molecule has 0 fully saturated rings. The summed E-state index contributed by atoms with van der Waals surface area (Å²) in [4.78, 5) is 3.76. The van der Waals surface area contributed by atoms with E-state index in [-0.39, 0.29) is 0 Å². The minimum atomic E-state index is 1.17. The standard InChI is InChI=1S/C36H22N2/c1-2-11-25-23(9-1)24-10-3-4-12-26(24)32-21-22(17-18-27(25)32)38-34-16-8-6-14-29(34)31-20-19-30-28-13-5-7-15-33(28)37-35(30)36(31)38/h1-21,37H. The number of aromatic amines is 1. The second kappa shape index (κ2) is 7.24. The van der Waals surface area contributed by atoms with Gasteiger partial charge in [-0.05, 0) is 56.6 Å². The van der Waals surface area contributed by atoms with E-state index in [1.807, 2.05) is 0 Å². The zero-order valence-electron chi connectivity index (χ0n) is 20.6. The molecule has 7 aromatic carbocycles. The number of aromatic nitrogens is 2. The monoisotopic (exact) mass is 482 g/mol. The van der Waals surface area contributed by atoms with Gasteiger partial charge in [0.2, 0.25) is 0 Å². The largest absolute Gasteiger partial charge is 0.353 e. The van der Waals surface area contributed by atoms with Crippen LogP contribution in [0.1, 0.15) is 0 Å². The Kier molecular flexibility index (Phi) is 3.82. The average Bonchev–Trinajstić information content (AvgIpc) is 3.53. The normalized spacial score (nSPS) is 12.2. The van der Waals surface area contributed by atoms with Gasteiger partial charge in [-0.2, -0.15) is 0 Å².